The Morgan fingerprint density at radius 3 is 2.94 bits per heavy atom. The van der Waals surface area contributed by atoms with Gasteiger partial charge in [-0.25, -0.2) is 0 Å². The van der Waals surface area contributed by atoms with Crippen LogP contribution in [0, 0.1) is 0 Å². The molecule has 0 saturated heterocycles. The number of benzene rings is 1. The van der Waals surface area contributed by atoms with Crippen LogP contribution in [0.15, 0.2) is 23.2 Å². The Morgan fingerprint density at radius 2 is 2.29 bits per heavy atom. The number of nitrogens with zero attached hydrogens (tertiary/aromatic N) is 1. The average Bonchev–Trinajstić information content (AvgIpc) is 2.72. The molecule has 6 heteroatoms. The fourth-order valence-electron chi connectivity index (χ4n) is 1.47. The first-order valence-corrected chi connectivity index (χ1v) is 5.90. The van der Waals surface area contributed by atoms with Gasteiger partial charge >= 0.3 is 0 Å². The Hall–Kier alpha value is -1.26. The molecule has 2 N–H and O–H groups in total. The van der Waals surface area contributed by atoms with Crippen LogP contribution in [-0.2, 0) is 4.79 Å². The number of nitrogens with one attached hydrogen (secondary N) is 2. The van der Waals surface area contributed by atoms with Gasteiger partial charge in [-0.2, -0.15) is 0 Å². The highest BCUT2D eigenvalue weighted by Crippen LogP contribution is 2.29. The molecule has 1 heterocycles. The fraction of sp³-hybridized carbons (Fsp3) is 0.273. The summed E-state index contributed by atoms with van der Waals surface area (Å²) in [5.74, 6) is 0.0204. The van der Waals surface area contributed by atoms with E-state index in [4.69, 9.17) is 23.2 Å². The van der Waals surface area contributed by atoms with Crippen LogP contribution in [0.25, 0.3) is 0 Å². The summed E-state index contributed by atoms with van der Waals surface area (Å²) in [5.41, 5.74) is 0.480. The van der Waals surface area contributed by atoms with Crippen LogP contribution in [0.1, 0.15) is 6.92 Å². The predicted octanol–water partition coefficient (Wildman–Crippen LogP) is 2.32. The van der Waals surface area contributed by atoms with Gasteiger partial charge in [0, 0.05) is 6.04 Å². The summed E-state index contributed by atoms with van der Waals surface area (Å²) in [4.78, 5) is 15.9. The van der Waals surface area contributed by atoms with Crippen LogP contribution < -0.4 is 10.6 Å². The standard InChI is InChI=1S/C11H11Cl2N3O/c1-6-5-14-10(15-6)11(17)16-8-4-2-3-7(12)9(8)13/h2-4,6H,5H2,1H3,(H,14,15)(H,16,17). The summed E-state index contributed by atoms with van der Waals surface area (Å²) < 4.78 is 0. The second kappa shape index (κ2) is 4.94. The average molecular weight is 272 g/mol. The summed E-state index contributed by atoms with van der Waals surface area (Å²) in [6.07, 6.45) is 0. The molecule has 0 radical (unpaired) electrons. The predicted molar refractivity (Wildman–Crippen MR) is 70.0 cm³/mol. The van der Waals surface area contributed by atoms with Crippen LogP contribution >= 0.6 is 23.2 Å². The van der Waals surface area contributed by atoms with Crippen LogP contribution in [0.4, 0.5) is 5.69 Å². The van der Waals surface area contributed by atoms with Crippen LogP contribution in [0.3, 0.4) is 0 Å². The lowest BCUT2D eigenvalue weighted by Crippen LogP contribution is -2.36. The molecule has 1 amide bonds. The second-order valence-corrected chi connectivity index (χ2v) is 4.58. The highest BCUT2D eigenvalue weighted by Gasteiger charge is 2.20. The van der Waals surface area contributed by atoms with Gasteiger partial charge < -0.3 is 10.6 Å². The third-order valence-electron chi connectivity index (χ3n) is 2.32. The molecule has 0 fully saturated rings. The largest absolute Gasteiger partial charge is 0.361 e. The van der Waals surface area contributed by atoms with Gasteiger partial charge in [-0.1, -0.05) is 29.3 Å². The van der Waals surface area contributed by atoms with E-state index in [1.807, 2.05) is 6.92 Å². The van der Waals surface area contributed by atoms with Gasteiger partial charge in [0.05, 0.1) is 22.3 Å². The zero-order valence-electron chi connectivity index (χ0n) is 9.13. The third kappa shape index (κ3) is 2.70. The number of anilines is 1. The molecule has 2 rings (SSSR count). The molecule has 1 aliphatic heterocycles. The Bertz CT molecular complexity index is 488. The summed E-state index contributed by atoms with van der Waals surface area (Å²) >= 11 is 11.8. The van der Waals surface area contributed by atoms with Gasteiger partial charge in [-0.05, 0) is 19.1 Å². The molecule has 90 valence electrons. The minimum Gasteiger partial charge on any atom is -0.361 e. The summed E-state index contributed by atoms with van der Waals surface area (Å²) in [7, 11) is 0. The van der Waals surface area contributed by atoms with E-state index < -0.39 is 0 Å². The van der Waals surface area contributed by atoms with Gasteiger partial charge in [0.15, 0.2) is 5.84 Å². The third-order valence-corrected chi connectivity index (χ3v) is 3.14. The van der Waals surface area contributed by atoms with Gasteiger partial charge in [-0.3, -0.25) is 9.79 Å². The number of carbonyl (C=O) groups is 1. The number of carbonyl (C=O) groups excluding carboxylic acids is 1. The van der Waals surface area contributed by atoms with Crippen molar-refractivity contribution in [2.24, 2.45) is 4.99 Å². The highest BCUT2D eigenvalue weighted by molar-refractivity contribution is 6.46. The van der Waals surface area contributed by atoms with Crippen molar-refractivity contribution in [1.29, 1.82) is 0 Å². The minimum atomic E-state index is -0.307. The van der Waals surface area contributed by atoms with E-state index in [0.29, 0.717) is 28.1 Å². The van der Waals surface area contributed by atoms with E-state index in [9.17, 15) is 4.79 Å². The van der Waals surface area contributed by atoms with Crippen LogP contribution in [-0.4, -0.2) is 24.3 Å². The number of hydrogen-bond donors (Lipinski definition) is 2. The van der Waals surface area contributed by atoms with E-state index >= 15 is 0 Å². The molecular formula is C11H11Cl2N3O. The normalized spacial score (nSPS) is 18.5. The van der Waals surface area contributed by atoms with E-state index in [2.05, 4.69) is 15.6 Å². The van der Waals surface area contributed by atoms with Gasteiger partial charge in [0.2, 0.25) is 0 Å². The van der Waals surface area contributed by atoms with Crippen molar-refractivity contribution < 1.29 is 4.79 Å². The molecule has 0 bridgehead atoms. The molecule has 1 unspecified atom stereocenters. The first-order valence-electron chi connectivity index (χ1n) is 5.14. The van der Waals surface area contributed by atoms with E-state index in [1.165, 1.54) is 0 Å². The molecule has 1 aromatic rings. The number of amides is 1. The van der Waals surface area contributed by atoms with Gasteiger partial charge in [-0.15, -0.1) is 0 Å². The minimum absolute atomic E-state index is 0.186. The Labute approximate surface area is 109 Å². The molecular weight excluding hydrogens is 261 g/mol. The molecule has 0 saturated carbocycles. The van der Waals surface area contributed by atoms with Crippen LogP contribution in [0.5, 0.6) is 0 Å². The zero-order chi connectivity index (χ0) is 12.4. The molecule has 0 aromatic heterocycles. The van der Waals surface area contributed by atoms with Crippen molar-refractivity contribution in [3.63, 3.8) is 0 Å². The van der Waals surface area contributed by atoms with Crippen molar-refractivity contribution in [2.75, 3.05) is 11.9 Å². The van der Waals surface area contributed by atoms with Crippen molar-refractivity contribution in [2.45, 2.75) is 13.0 Å². The Balaban J connectivity index is 2.11. The quantitative estimate of drug-likeness (QED) is 0.868. The molecule has 1 aromatic carbocycles. The number of rotatable bonds is 2. The molecule has 1 atom stereocenters. The van der Waals surface area contributed by atoms with E-state index in [1.54, 1.807) is 18.2 Å². The number of halogens is 2. The fourth-order valence-corrected chi connectivity index (χ4v) is 1.82. The maximum absolute atomic E-state index is 11.8. The number of aliphatic imine (C=N–C) groups is 1. The maximum Gasteiger partial charge on any atom is 0.290 e. The maximum atomic E-state index is 11.8. The SMILES string of the molecule is CC1CN=C(C(=O)Nc2cccc(Cl)c2Cl)N1. The Kier molecular flexibility index (Phi) is 3.54. The topological polar surface area (TPSA) is 53.5 Å². The second-order valence-electron chi connectivity index (χ2n) is 3.79. The summed E-state index contributed by atoms with van der Waals surface area (Å²) in [5, 5.41) is 6.36. The van der Waals surface area contributed by atoms with Gasteiger partial charge in [0.25, 0.3) is 5.91 Å². The lowest BCUT2D eigenvalue weighted by atomic mass is 10.3. The number of amidine groups is 1. The first-order chi connectivity index (χ1) is 8.08. The molecule has 0 spiro atoms. The monoisotopic (exact) mass is 271 g/mol. The smallest absolute Gasteiger partial charge is 0.290 e. The van der Waals surface area contributed by atoms with Crippen molar-refractivity contribution in [1.82, 2.24) is 5.32 Å². The van der Waals surface area contributed by atoms with E-state index in [0.717, 1.165) is 0 Å². The lowest BCUT2D eigenvalue weighted by molar-refractivity contribution is -0.110. The highest BCUT2D eigenvalue weighted by atomic mass is 35.5. The van der Waals surface area contributed by atoms with Crippen LogP contribution in [0.2, 0.25) is 10.0 Å². The number of hydrogen-bond acceptors (Lipinski definition) is 3. The molecule has 4 nitrogen and oxygen atoms in total. The first kappa shape index (κ1) is 12.2. The summed E-state index contributed by atoms with van der Waals surface area (Å²) in [6, 6.07) is 5.25. The van der Waals surface area contributed by atoms with Crippen molar-refractivity contribution in [3.05, 3.63) is 28.2 Å². The summed E-state index contributed by atoms with van der Waals surface area (Å²) in [6.45, 7) is 2.56. The van der Waals surface area contributed by atoms with Crippen molar-refractivity contribution in [3.8, 4) is 0 Å². The zero-order valence-corrected chi connectivity index (χ0v) is 10.6. The Morgan fingerprint density at radius 1 is 1.53 bits per heavy atom. The van der Waals surface area contributed by atoms with E-state index in [-0.39, 0.29) is 11.9 Å². The van der Waals surface area contributed by atoms with Gasteiger partial charge in [0.1, 0.15) is 0 Å². The lowest BCUT2D eigenvalue weighted by Gasteiger charge is -2.09. The molecule has 17 heavy (non-hydrogen) atoms. The van der Waals surface area contributed by atoms with Crippen molar-refractivity contribution >= 4 is 40.6 Å². The molecule has 1 aliphatic rings. The molecule has 0 aliphatic carbocycles.